The number of aryl methyl sites for hydroxylation is 2. The largest absolute Gasteiger partial charge is 0.461 e. The van der Waals surface area contributed by atoms with Gasteiger partial charge in [-0.1, -0.05) is 0 Å². The fourth-order valence-electron chi connectivity index (χ4n) is 2.02. The second-order valence-corrected chi connectivity index (χ2v) is 4.49. The first-order valence-electron chi connectivity index (χ1n) is 6.21. The Kier molecular flexibility index (Phi) is 3.86. The zero-order chi connectivity index (χ0) is 13.1. The number of aromatic nitrogens is 2. The highest BCUT2D eigenvalue weighted by Crippen LogP contribution is 2.19. The van der Waals surface area contributed by atoms with Crippen LogP contribution < -0.4 is 5.73 Å². The van der Waals surface area contributed by atoms with Gasteiger partial charge in [0.25, 0.3) is 0 Å². The summed E-state index contributed by atoms with van der Waals surface area (Å²) >= 11 is 0. The number of rotatable bonds is 4. The lowest BCUT2D eigenvalue weighted by atomic mass is 10.1. The van der Waals surface area contributed by atoms with Crippen LogP contribution in [0.25, 0.3) is 0 Å². The molecule has 0 aromatic carbocycles. The smallest absolute Gasteiger partial charge is 0.358 e. The van der Waals surface area contributed by atoms with Crippen LogP contribution >= 0.6 is 0 Å². The summed E-state index contributed by atoms with van der Waals surface area (Å²) in [4.78, 5) is 12.0. The van der Waals surface area contributed by atoms with E-state index in [-0.39, 0.29) is 0 Å². The molecule has 6 heteroatoms. The van der Waals surface area contributed by atoms with E-state index in [1.54, 1.807) is 11.6 Å². The third-order valence-corrected chi connectivity index (χ3v) is 3.14. The van der Waals surface area contributed by atoms with Crippen LogP contribution in [-0.2, 0) is 16.0 Å². The Labute approximate surface area is 106 Å². The number of hydrogen-bond acceptors (Lipinski definition) is 5. The molecule has 1 aliphatic heterocycles. The molecular weight excluding hydrogens is 234 g/mol. The van der Waals surface area contributed by atoms with Crippen LogP contribution in [0.1, 0.15) is 29.5 Å². The Balaban J connectivity index is 2.03. The van der Waals surface area contributed by atoms with Gasteiger partial charge in [0.05, 0.1) is 24.6 Å². The van der Waals surface area contributed by atoms with E-state index in [0.717, 1.165) is 13.0 Å². The van der Waals surface area contributed by atoms with Crippen molar-refractivity contribution in [2.24, 2.45) is 5.92 Å². The molecule has 1 aromatic rings. The molecule has 2 N–H and O–H groups in total. The highest BCUT2D eigenvalue weighted by atomic mass is 16.5. The molecule has 1 fully saturated rings. The first kappa shape index (κ1) is 12.9. The molecule has 1 aliphatic rings. The first-order chi connectivity index (χ1) is 8.63. The topological polar surface area (TPSA) is 79.4 Å². The Morgan fingerprint density at radius 1 is 1.67 bits per heavy atom. The average Bonchev–Trinajstić information content (AvgIpc) is 2.96. The van der Waals surface area contributed by atoms with Gasteiger partial charge in [-0.25, -0.2) is 4.79 Å². The van der Waals surface area contributed by atoms with Crippen LogP contribution in [0.4, 0.5) is 5.69 Å². The summed E-state index contributed by atoms with van der Waals surface area (Å²) in [5.41, 5.74) is 7.28. The van der Waals surface area contributed by atoms with Crippen LogP contribution in [0.5, 0.6) is 0 Å². The summed E-state index contributed by atoms with van der Waals surface area (Å²) in [7, 11) is 0. The summed E-state index contributed by atoms with van der Waals surface area (Å²) in [5.74, 6) is -0.101. The molecule has 0 saturated carbocycles. The number of nitrogen functional groups attached to an aromatic ring is 1. The number of anilines is 1. The fraction of sp³-hybridized carbons (Fsp3) is 0.667. The van der Waals surface area contributed by atoms with Gasteiger partial charge >= 0.3 is 5.97 Å². The van der Waals surface area contributed by atoms with E-state index in [1.807, 2.05) is 6.92 Å². The maximum atomic E-state index is 12.0. The predicted octanol–water partition coefficient (Wildman–Crippen LogP) is 0.987. The van der Waals surface area contributed by atoms with Crippen LogP contribution in [0.15, 0.2) is 0 Å². The Bertz CT molecular complexity index is 436. The normalized spacial score (nSPS) is 19.1. The number of nitrogens with two attached hydrogens (primary N) is 1. The van der Waals surface area contributed by atoms with E-state index in [9.17, 15) is 4.79 Å². The van der Waals surface area contributed by atoms with Crippen molar-refractivity contribution in [3.05, 3.63) is 11.4 Å². The lowest BCUT2D eigenvalue weighted by molar-refractivity contribution is 0.0415. The van der Waals surface area contributed by atoms with E-state index in [0.29, 0.717) is 42.8 Å². The van der Waals surface area contributed by atoms with Crippen molar-refractivity contribution in [2.45, 2.75) is 26.8 Å². The van der Waals surface area contributed by atoms with Gasteiger partial charge in [0.15, 0.2) is 5.69 Å². The SMILES string of the molecule is CCn1nc(C)c(N)c1C(=O)OCC1CCOC1. The molecule has 6 nitrogen and oxygen atoms in total. The van der Waals surface area contributed by atoms with Crippen LogP contribution in [0.3, 0.4) is 0 Å². The first-order valence-corrected chi connectivity index (χ1v) is 6.21. The van der Waals surface area contributed by atoms with Gasteiger partial charge in [-0.2, -0.15) is 5.10 Å². The van der Waals surface area contributed by atoms with Gasteiger partial charge in [-0.05, 0) is 20.3 Å². The van der Waals surface area contributed by atoms with Crippen molar-refractivity contribution in [1.29, 1.82) is 0 Å². The molecule has 2 heterocycles. The van der Waals surface area contributed by atoms with Gasteiger partial charge in [-0.3, -0.25) is 4.68 Å². The zero-order valence-electron chi connectivity index (χ0n) is 10.8. The molecular formula is C12H19N3O3. The van der Waals surface area contributed by atoms with Crippen molar-refractivity contribution < 1.29 is 14.3 Å². The van der Waals surface area contributed by atoms with Crippen LogP contribution in [0.2, 0.25) is 0 Å². The molecule has 0 aliphatic carbocycles. The number of carbonyl (C=O) groups excluding carboxylic acids is 1. The number of hydrogen-bond donors (Lipinski definition) is 1. The molecule has 2 rings (SSSR count). The molecule has 100 valence electrons. The molecule has 0 bridgehead atoms. The van der Waals surface area contributed by atoms with Crippen molar-refractivity contribution in [3.8, 4) is 0 Å². The summed E-state index contributed by atoms with van der Waals surface area (Å²) in [5, 5.41) is 4.20. The number of nitrogens with zero attached hydrogens (tertiary/aromatic N) is 2. The molecule has 1 atom stereocenters. The number of carbonyl (C=O) groups is 1. The predicted molar refractivity (Wildman–Crippen MR) is 66.3 cm³/mol. The lowest BCUT2D eigenvalue weighted by Crippen LogP contribution is -2.18. The minimum Gasteiger partial charge on any atom is -0.461 e. The molecule has 18 heavy (non-hydrogen) atoms. The molecule has 1 unspecified atom stereocenters. The summed E-state index contributed by atoms with van der Waals surface area (Å²) < 4.78 is 12.1. The standard InChI is InChI=1S/C12H19N3O3/c1-3-15-11(10(13)8(2)14-15)12(16)18-7-9-4-5-17-6-9/h9H,3-7,13H2,1-2H3. The van der Waals surface area contributed by atoms with E-state index in [1.165, 1.54) is 0 Å². The monoisotopic (exact) mass is 253 g/mol. The summed E-state index contributed by atoms with van der Waals surface area (Å²) in [6.45, 7) is 6.07. The third kappa shape index (κ3) is 2.48. The number of ether oxygens (including phenoxy) is 2. The van der Waals surface area contributed by atoms with Gasteiger partial charge in [0.1, 0.15) is 0 Å². The minimum atomic E-state index is -0.401. The second-order valence-electron chi connectivity index (χ2n) is 4.49. The highest BCUT2D eigenvalue weighted by molar-refractivity contribution is 5.93. The molecule has 1 aromatic heterocycles. The van der Waals surface area contributed by atoms with Gasteiger partial charge in [0.2, 0.25) is 0 Å². The average molecular weight is 253 g/mol. The van der Waals surface area contributed by atoms with Gasteiger partial charge in [-0.15, -0.1) is 0 Å². The van der Waals surface area contributed by atoms with E-state index >= 15 is 0 Å². The van der Waals surface area contributed by atoms with Crippen molar-refractivity contribution in [1.82, 2.24) is 9.78 Å². The van der Waals surface area contributed by atoms with Crippen molar-refractivity contribution in [2.75, 3.05) is 25.6 Å². The van der Waals surface area contributed by atoms with Gasteiger partial charge in [0, 0.05) is 19.1 Å². The highest BCUT2D eigenvalue weighted by Gasteiger charge is 2.23. The van der Waals surface area contributed by atoms with Crippen LogP contribution in [0, 0.1) is 12.8 Å². The molecule has 1 saturated heterocycles. The van der Waals surface area contributed by atoms with Crippen LogP contribution in [-0.4, -0.2) is 35.6 Å². The summed E-state index contributed by atoms with van der Waals surface area (Å²) in [6, 6.07) is 0. The maximum Gasteiger partial charge on any atom is 0.358 e. The second kappa shape index (κ2) is 5.39. The maximum absolute atomic E-state index is 12.0. The van der Waals surface area contributed by atoms with E-state index in [2.05, 4.69) is 5.10 Å². The van der Waals surface area contributed by atoms with Crippen molar-refractivity contribution >= 4 is 11.7 Å². The number of esters is 1. The molecule has 0 amide bonds. The quantitative estimate of drug-likeness (QED) is 0.809. The minimum absolute atomic E-state index is 0.300. The lowest BCUT2D eigenvalue weighted by Gasteiger charge is -2.10. The Morgan fingerprint density at radius 2 is 2.44 bits per heavy atom. The zero-order valence-corrected chi connectivity index (χ0v) is 10.8. The Morgan fingerprint density at radius 3 is 3.06 bits per heavy atom. The van der Waals surface area contributed by atoms with E-state index in [4.69, 9.17) is 15.2 Å². The molecule has 0 radical (unpaired) electrons. The van der Waals surface area contributed by atoms with Crippen molar-refractivity contribution in [3.63, 3.8) is 0 Å². The fourth-order valence-corrected chi connectivity index (χ4v) is 2.02. The summed E-state index contributed by atoms with van der Waals surface area (Å²) in [6.07, 6.45) is 0.939. The Hall–Kier alpha value is -1.56. The van der Waals surface area contributed by atoms with E-state index < -0.39 is 5.97 Å². The third-order valence-electron chi connectivity index (χ3n) is 3.14. The van der Waals surface area contributed by atoms with Gasteiger partial charge < -0.3 is 15.2 Å². The molecule has 0 spiro atoms.